The first kappa shape index (κ1) is 17.0. The van der Waals surface area contributed by atoms with Gasteiger partial charge in [-0.25, -0.2) is 4.98 Å². The summed E-state index contributed by atoms with van der Waals surface area (Å²) in [6.07, 6.45) is 7.05. The summed E-state index contributed by atoms with van der Waals surface area (Å²) in [6, 6.07) is 12.6. The third kappa shape index (κ3) is 3.70. The summed E-state index contributed by atoms with van der Waals surface area (Å²) < 4.78 is 9.32. The molecule has 1 unspecified atom stereocenters. The van der Waals surface area contributed by atoms with Crippen LogP contribution in [0.25, 0.3) is 5.82 Å². The van der Waals surface area contributed by atoms with Crippen LogP contribution in [0.3, 0.4) is 0 Å². The maximum Gasteiger partial charge on any atom is 0.156 e. The molecule has 136 valence electrons. The quantitative estimate of drug-likeness (QED) is 0.614. The molecular weight excluding hydrogens is 326 g/mol. The fourth-order valence-electron chi connectivity index (χ4n) is 3.45. The molecule has 1 aliphatic heterocycles. The first-order chi connectivity index (χ1) is 12.8. The zero-order chi connectivity index (χ0) is 17.8. The molecule has 0 N–H and O–H groups in total. The Hall–Kier alpha value is -2.47. The zero-order valence-electron chi connectivity index (χ0n) is 15.2. The summed E-state index contributed by atoms with van der Waals surface area (Å²) in [5.41, 5.74) is 1.39. The Kier molecular flexibility index (Phi) is 5.11. The standard InChI is InChI=1S/C20H25N5O/c1-24-19(11-13-21-24)25-18(22-20(23-25)17-12-14-26-15-17)10-6-5-9-16-7-3-2-4-8-16/h2-4,7-8,11,13,17H,5-6,9-10,12,14-15H2,1H3. The van der Waals surface area contributed by atoms with Crippen molar-refractivity contribution in [2.75, 3.05) is 13.2 Å². The van der Waals surface area contributed by atoms with Crippen LogP contribution in [0.2, 0.25) is 0 Å². The Balaban J connectivity index is 1.47. The van der Waals surface area contributed by atoms with Gasteiger partial charge in [-0.1, -0.05) is 30.3 Å². The maximum absolute atomic E-state index is 5.52. The van der Waals surface area contributed by atoms with Crippen LogP contribution in [0.1, 0.15) is 42.4 Å². The predicted octanol–water partition coefficient (Wildman–Crippen LogP) is 3.07. The highest BCUT2D eigenvalue weighted by Gasteiger charge is 2.24. The molecule has 1 aromatic carbocycles. The first-order valence-electron chi connectivity index (χ1n) is 9.37. The van der Waals surface area contributed by atoms with E-state index in [0.29, 0.717) is 5.92 Å². The lowest BCUT2D eigenvalue weighted by Gasteiger charge is -2.06. The fraction of sp³-hybridized carbons (Fsp3) is 0.450. The van der Waals surface area contributed by atoms with E-state index in [-0.39, 0.29) is 0 Å². The summed E-state index contributed by atoms with van der Waals surface area (Å²) in [5, 5.41) is 9.08. The second kappa shape index (κ2) is 7.83. The molecular formula is C20H25N5O. The van der Waals surface area contributed by atoms with Gasteiger partial charge in [-0.2, -0.15) is 9.78 Å². The Morgan fingerprint density at radius 2 is 1.96 bits per heavy atom. The molecule has 1 atom stereocenters. The topological polar surface area (TPSA) is 57.8 Å². The Morgan fingerprint density at radius 1 is 1.12 bits per heavy atom. The molecule has 6 nitrogen and oxygen atoms in total. The molecule has 0 aliphatic carbocycles. The molecule has 0 amide bonds. The van der Waals surface area contributed by atoms with Crippen LogP contribution in [0.5, 0.6) is 0 Å². The van der Waals surface area contributed by atoms with Gasteiger partial charge in [-0.15, -0.1) is 5.10 Å². The molecule has 26 heavy (non-hydrogen) atoms. The van der Waals surface area contributed by atoms with Crippen molar-refractivity contribution in [3.8, 4) is 5.82 Å². The number of aromatic nitrogens is 5. The van der Waals surface area contributed by atoms with E-state index >= 15 is 0 Å². The highest BCUT2D eigenvalue weighted by Crippen LogP contribution is 2.24. The molecule has 0 bridgehead atoms. The van der Waals surface area contributed by atoms with Crippen LogP contribution < -0.4 is 0 Å². The average molecular weight is 351 g/mol. The van der Waals surface area contributed by atoms with E-state index in [9.17, 15) is 0 Å². The van der Waals surface area contributed by atoms with E-state index in [0.717, 1.165) is 62.8 Å². The second-order valence-electron chi connectivity index (χ2n) is 6.86. The van der Waals surface area contributed by atoms with Gasteiger partial charge in [0.15, 0.2) is 11.6 Å². The molecule has 3 aromatic rings. The van der Waals surface area contributed by atoms with Crippen LogP contribution in [0, 0.1) is 0 Å². The van der Waals surface area contributed by atoms with Crippen molar-refractivity contribution in [2.24, 2.45) is 7.05 Å². The summed E-state index contributed by atoms with van der Waals surface area (Å²) in [7, 11) is 1.94. The SMILES string of the molecule is Cn1nccc1-n1nc(C2CCOC2)nc1CCCCc1ccccc1. The van der Waals surface area contributed by atoms with Gasteiger partial charge >= 0.3 is 0 Å². The van der Waals surface area contributed by atoms with Crippen molar-refractivity contribution in [1.29, 1.82) is 0 Å². The monoisotopic (exact) mass is 351 g/mol. The third-order valence-corrected chi connectivity index (χ3v) is 4.96. The minimum Gasteiger partial charge on any atom is -0.381 e. The molecule has 2 aromatic heterocycles. The van der Waals surface area contributed by atoms with Crippen LogP contribution in [0.4, 0.5) is 0 Å². The van der Waals surface area contributed by atoms with Crippen molar-refractivity contribution in [3.63, 3.8) is 0 Å². The highest BCUT2D eigenvalue weighted by molar-refractivity contribution is 5.22. The number of rotatable bonds is 7. The van der Waals surface area contributed by atoms with Gasteiger partial charge in [-0.05, 0) is 31.2 Å². The zero-order valence-corrected chi connectivity index (χ0v) is 15.2. The number of nitrogens with zero attached hydrogens (tertiary/aromatic N) is 5. The molecule has 1 saturated heterocycles. The molecule has 0 spiro atoms. The van der Waals surface area contributed by atoms with Crippen LogP contribution in [-0.2, 0) is 24.6 Å². The number of unbranched alkanes of at least 4 members (excludes halogenated alkanes) is 1. The van der Waals surface area contributed by atoms with E-state index in [1.165, 1.54) is 5.56 Å². The van der Waals surface area contributed by atoms with Crippen LogP contribution >= 0.6 is 0 Å². The Labute approximate surface area is 153 Å². The number of ether oxygens (including phenoxy) is 1. The van der Waals surface area contributed by atoms with E-state index < -0.39 is 0 Å². The maximum atomic E-state index is 5.52. The van der Waals surface area contributed by atoms with Crippen molar-refractivity contribution < 1.29 is 4.74 Å². The minimum atomic E-state index is 0.313. The van der Waals surface area contributed by atoms with Crippen LogP contribution in [-0.4, -0.2) is 37.8 Å². The van der Waals surface area contributed by atoms with E-state index in [1.807, 2.05) is 22.5 Å². The average Bonchev–Trinajstić information content (AvgIpc) is 3.40. The predicted molar refractivity (Wildman–Crippen MR) is 99.4 cm³/mol. The van der Waals surface area contributed by atoms with Crippen molar-refractivity contribution in [3.05, 3.63) is 59.8 Å². The van der Waals surface area contributed by atoms with Gasteiger partial charge < -0.3 is 4.74 Å². The van der Waals surface area contributed by atoms with E-state index in [4.69, 9.17) is 14.8 Å². The Morgan fingerprint density at radius 3 is 2.69 bits per heavy atom. The van der Waals surface area contributed by atoms with Crippen molar-refractivity contribution >= 4 is 0 Å². The van der Waals surface area contributed by atoms with Gasteiger partial charge in [-0.3, -0.25) is 4.68 Å². The molecule has 0 radical (unpaired) electrons. The summed E-state index contributed by atoms with van der Waals surface area (Å²) in [4.78, 5) is 4.86. The summed E-state index contributed by atoms with van der Waals surface area (Å²) in [5.74, 6) is 3.19. The number of hydrogen-bond donors (Lipinski definition) is 0. The molecule has 4 rings (SSSR count). The number of aryl methyl sites for hydroxylation is 3. The van der Waals surface area contributed by atoms with E-state index in [1.54, 1.807) is 6.20 Å². The van der Waals surface area contributed by atoms with Gasteiger partial charge in [0.2, 0.25) is 0 Å². The molecule has 6 heteroatoms. The highest BCUT2D eigenvalue weighted by atomic mass is 16.5. The molecule has 0 saturated carbocycles. The molecule has 3 heterocycles. The van der Waals surface area contributed by atoms with Gasteiger partial charge in [0.05, 0.1) is 12.8 Å². The minimum absolute atomic E-state index is 0.313. The smallest absolute Gasteiger partial charge is 0.156 e. The van der Waals surface area contributed by atoms with Crippen molar-refractivity contribution in [2.45, 2.75) is 38.0 Å². The number of benzene rings is 1. The third-order valence-electron chi connectivity index (χ3n) is 4.96. The lowest BCUT2D eigenvalue weighted by atomic mass is 10.1. The molecule has 1 fully saturated rings. The summed E-state index contributed by atoms with van der Waals surface area (Å²) >= 11 is 0. The van der Waals surface area contributed by atoms with E-state index in [2.05, 4.69) is 35.4 Å². The lowest BCUT2D eigenvalue weighted by molar-refractivity contribution is 0.193. The van der Waals surface area contributed by atoms with Gasteiger partial charge in [0.1, 0.15) is 5.82 Å². The summed E-state index contributed by atoms with van der Waals surface area (Å²) in [6.45, 7) is 1.53. The lowest BCUT2D eigenvalue weighted by Crippen LogP contribution is -2.09. The number of hydrogen-bond acceptors (Lipinski definition) is 4. The fourth-order valence-corrected chi connectivity index (χ4v) is 3.45. The van der Waals surface area contributed by atoms with Crippen molar-refractivity contribution in [1.82, 2.24) is 24.5 Å². The molecule has 1 aliphatic rings. The largest absolute Gasteiger partial charge is 0.381 e. The Bertz CT molecular complexity index is 833. The first-order valence-corrected chi connectivity index (χ1v) is 9.37. The second-order valence-corrected chi connectivity index (χ2v) is 6.86. The van der Waals surface area contributed by atoms with Crippen LogP contribution in [0.15, 0.2) is 42.6 Å². The van der Waals surface area contributed by atoms with Gasteiger partial charge in [0, 0.05) is 32.1 Å². The normalized spacial score (nSPS) is 17.0. The van der Waals surface area contributed by atoms with Gasteiger partial charge in [0.25, 0.3) is 0 Å².